The fourth-order valence-electron chi connectivity index (χ4n) is 0.417. The summed E-state index contributed by atoms with van der Waals surface area (Å²) in [5.41, 5.74) is 0. The SMILES string of the molecule is CC=CC=NC(=O)OCCC. The molecular weight excluding hydrogens is 142 g/mol. The number of carbonyl (C=O) groups excluding carboxylic acids is 1. The second-order valence-corrected chi connectivity index (χ2v) is 1.92. The lowest BCUT2D eigenvalue weighted by Gasteiger charge is -1.94. The van der Waals surface area contributed by atoms with E-state index in [2.05, 4.69) is 9.73 Å². The normalized spacial score (nSPS) is 11.1. The van der Waals surface area contributed by atoms with Crippen LogP contribution < -0.4 is 0 Å². The first-order chi connectivity index (χ1) is 5.31. The zero-order chi connectivity index (χ0) is 8.53. The van der Waals surface area contributed by atoms with Gasteiger partial charge in [0.05, 0.1) is 6.61 Å². The van der Waals surface area contributed by atoms with E-state index in [0.29, 0.717) is 6.61 Å². The first-order valence-corrected chi connectivity index (χ1v) is 3.63. The minimum absolute atomic E-state index is 0.437. The van der Waals surface area contributed by atoms with Crippen LogP contribution in [0.4, 0.5) is 4.79 Å². The number of allylic oxidation sites excluding steroid dienone is 2. The van der Waals surface area contributed by atoms with Gasteiger partial charge >= 0.3 is 6.09 Å². The van der Waals surface area contributed by atoms with Crippen molar-refractivity contribution in [2.75, 3.05) is 6.61 Å². The molecule has 0 N–H and O–H groups in total. The van der Waals surface area contributed by atoms with Crippen LogP contribution in [0, 0.1) is 0 Å². The van der Waals surface area contributed by atoms with Crippen molar-refractivity contribution in [1.82, 2.24) is 0 Å². The average molecular weight is 155 g/mol. The molecule has 0 aliphatic heterocycles. The van der Waals surface area contributed by atoms with Gasteiger partial charge in [-0.25, -0.2) is 4.79 Å². The molecule has 0 rings (SSSR count). The molecule has 0 aromatic heterocycles. The lowest BCUT2D eigenvalue weighted by Crippen LogP contribution is -1.99. The van der Waals surface area contributed by atoms with E-state index >= 15 is 0 Å². The Morgan fingerprint density at radius 1 is 1.64 bits per heavy atom. The van der Waals surface area contributed by atoms with Crippen molar-refractivity contribution in [3.63, 3.8) is 0 Å². The van der Waals surface area contributed by atoms with Crippen molar-refractivity contribution in [1.29, 1.82) is 0 Å². The fourth-order valence-corrected chi connectivity index (χ4v) is 0.417. The van der Waals surface area contributed by atoms with E-state index in [9.17, 15) is 4.79 Å². The van der Waals surface area contributed by atoms with Crippen molar-refractivity contribution in [2.45, 2.75) is 20.3 Å². The molecule has 3 nitrogen and oxygen atoms in total. The molecule has 0 fully saturated rings. The van der Waals surface area contributed by atoms with Crippen LogP contribution >= 0.6 is 0 Å². The monoisotopic (exact) mass is 155 g/mol. The highest BCUT2D eigenvalue weighted by Gasteiger charge is 1.93. The van der Waals surface area contributed by atoms with Crippen molar-refractivity contribution in [2.24, 2.45) is 4.99 Å². The summed E-state index contributed by atoms with van der Waals surface area (Å²) in [7, 11) is 0. The van der Waals surface area contributed by atoms with Gasteiger partial charge in [0.15, 0.2) is 0 Å². The van der Waals surface area contributed by atoms with Crippen LogP contribution in [0.1, 0.15) is 20.3 Å². The van der Waals surface area contributed by atoms with Gasteiger partial charge in [-0.2, -0.15) is 4.99 Å². The van der Waals surface area contributed by atoms with Gasteiger partial charge in [0.1, 0.15) is 0 Å². The van der Waals surface area contributed by atoms with Crippen LogP contribution in [0.25, 0.3) is 0 Å². The fraction of sp³-hybridized carbons (Fsp3) is 0.500. The van der Waals surface area contributed by atoms with Gasteiger partial charge in [-0.05, 0) is 19.4 Å². The number of rotatable bonds is 3. The maximum atomic E-state index is 10.6. The molecule has 0 saturated carbocycles. The highest BCUT2D eigenvalue weighted by atomic mass is 16.5. The third-order valence-electron chi connectivity index (χ3n) is 0.888. The van der Waals surface area contributed by atoms with Crippen molar-refractivity contribution >= 4 is 12.3 Å². The largest absolute Gasteiger partial charge is 0.448 e. The predicted molar refractivity (Wildman–Crippen MR) is 44.9 cm³/mol. The Kier molecular flexibility index (Phi) is 6.28. The molecule has 0 atom stereocenters. The zero-order valence-electron chi connectivity index (χ0n) is 6.91. The molecule has 0 spiro atoms. The molecule has 0 radical (unpaired) electrons. The van der Waals surface area contributed by atoms with E-state index in [1.165, 1.54) is 6.21 Å². The number of aliphatic imine (C=N–C) groups is 1. The number of amides is 1. The molecular formula is C8H13NO2. The van der Waals surface area contributed by atoms with Gasteiger partial charge in [-0.3, -0.25) is 0 Å². The highest BCUT2D eigenvalue weighted by Crippen LogP contribution is 1.85. The Hall–Kier alpha value is -1.12. The Labute approximate surface area is 66.8 Å². The number of hydrogen-bond acceptors (Lipinski definition) is 2. The van der Waals surface area contributed by atoms with Crippen LogP contribution in [0.3, 0.4) is 0 Å². The minimum atomic E-state index is -0.523. The second kappa shape index (κ2) is 6.99. The van der Waals surface area contributed by atoms with Crippen LogP contribution in [0.15, 0.2) is 17.1 Å². The number of nitrogens with zero attached hydrogens (tertiary/aromatic N) is 1. The molecule has 0 saturated heterocycles. The van der Waals surface area contributed by atoms with Gasteiger partial charge in [-0.15, -0.1) is 0 Å². The standard InChI is InChI=1S/C8H13NO2/c1-3-5-6-9-8(10)11-7-4-2/h3,5-6H,4,7H2,1-2H3. The van der Waals surface area contributed by atoms with Crippen molar-refractivity contribution < 1.29 is 9.53 Å². The number of carbonyl (C=O) groups is 1. The summed E-state index contributed by atoms with van der Waals surface area (Å²) in [5, 5.41) is 0. The van der Waals surface area contributed by atoms with Crippen LogP contribution in [-0.4, -0.2) is 18.9 Å². The summed E-state index contributed by atoms with van der Waals surface area (Å²) in [6.45, 7) is 4.22. The Morgan fingerprint density at radius 3 is 2.91 bits per heavy atom. The predicted octanol–water partition coefficient (Wildman–Crippen LogP) is 2.18. The molecule has 0 aliphatic carbocycles. The molecule has 0 aromatic carbocycles. The van der Waals surface area contributed by atoms with Crippen molar-refractivity contribution in [3.05, 3.63) is 12.2 Å². The van der Waals surface area contributed by atoms with Crippen molar-refractivity contribution in [3.8, 4) is 0 Å². The summed E-state index contributed by atoms with van der Waals surface area (Å²) in [6.07, 6.45) is 5.18. The highest BCUT2D eigenvalue weighted by molar-refractivity contribution is 5.84. The molecule has 1 amide bonds. The van der Waals surface area contributed by atoms with Crippen LogP contribution in [-0.2, 0) is 4.74 Å². The molecule has 62 valence electrons. The summed E-state index contributed by atoms with van der Waals surface area (Å²) in [5.74, 6) is 0. The molecule has 0 unspecified atom stereocenters. The summed E-state index contributed by atoms with van der Waals surface area (Å²) < 4.78 is 4.67. The smallest absolute Gasteiger partial charge is 0.433 e. The van der Waals surface area contributed by atoms with E-state index in [1.807, 2.05) is 13.8 Å². The first kappa shape index (κ1) is 9.88. The lowest BCUT2D eigenvalue weighted by atomic mass is 10.5. The second-order valence-electron chi connectivity index (χ2n) is 1.92. The minimum Gasteiger partial charge on any atom is -0.448 e. The maximum absolute atomic E-state index is 10.6. The summed E-state index contributed by atoms with van der Waals surface area (Å²) in [6, 6.07) is 0. The van der Waals surface area contributed by atoms with Crippen LogP contribution in [0.2, 0.25) is 0 Å². The Morgan fingerprint density at radius 2 is 2.36 bits per heavy atom. The van der Waals surface area contributed by atoms with E-state index in [4.69, 9.17) is 0 Å². The first-order valence-electron chi connectivity index (χ1n) is 3.63. The molecule has 0 aliphatic rings. The average Bonchev–Trinajstić information content (AvgIpc) is 2.01. The van der Waals surface area contributed by atoms with Gasteiger partial charge in [-0.1, -0.05) is 13.0 Å². The topological polar surface area (TPSA) is 38.7 Å². The molecule has 0 heterocycles. The number of ether oxygens (including phenoxy) is 1. The lowest BCUT2D eigenvalue weighted by molar-refractivity contribution is 0.157. The third-order valence-corrected chi connectivity index (χ3v) is 0.888. The van der Waals surface area contributed by atoms with Gasteiger partial charge in [0, 0.05) is 6.21 Å². The van der Waals surface area contributed by atoms with E-state index in [0.717, 1.165) is 6.42 Å². The molecule has 0 aromatic rings. The zero-order valence-corrected chi connectivity index (χ0v) is 6.91. The van der Waals surface area contributed by atoms with Gasteiger partial charge in [0.25, 0.3) is 0 Å². The molecule has 0 bridgehead atoms. The molecule has 11 heavy (non-hydrogen) atoms. The maximum Gasteiger partial charge on any atom is 0.433 e. The summed E-state index contributed by atoms with van der Waals surface area (Å²) in [4.78, 5) is 14.1. The van der Waals surface area contributed by atoms with E-state index in [1.54, 1.807) is 12.2 Å². The quantitative estimate of drug-likeness (QED) is 0.586. The summed E-state index contributed by atoms with van der Waals surface area (Å²) >= 11 is 0. The number of hydrogen-bond donors (Lipinski definition) is 0. The third kappa shape index (κ3) is 6.77. The molecule has 3 heteroatoms. The Bertz CT molecular complexity index is 161. The van der Waals surface area contributed by atoms with Gasteiger partial charge in [0.2, 0.25) is 0 Å². The van der Waals surface area contributed by atoms with Crippen LogP contribution in [0.5, 0.6) is 0 Å². The van der Waals surface area contributed by atoms with Gasteiger partial charge < -0.3 is 4.74 Å². The van der Waals surface area contributed by atoms with E-state index < -0.39 is 6.09 Å². The Balaban J connectivity index is 3.51. The van der Waals surface area contributed by atoms with E-state index in [-0.39, 0.29) is 0 Å².